The summed E-state index contributed by atoms with van der Waals surface area (Å²) in [5.74, 6) is 0. The van der Waals surface area contributed by atoms with Crippen molar-refractivity contribution in [2.24, 2.45) is 5.10 Å². The number of nitriles is 1. The molecule has 0 amide bonds. The Bertz CT molecular complexity index is 992. The Balaban J connectivity index is 1.45. The van der Waals surface area contributed by atoms with Crippen molar-refractivity contribution in [2.45, 2.75) is 26.4 Å². The summed E-state index contributed by atoms with van der Waals surface area (Å²) in [6.45, 7) is 9.88. The topological polar surface area (TPSA) is 42.6 Å². The van der Waals surface area contributed by atoms with Crippen molar-refractivity contribution in [1.82, 2.24) is 9.91 Å². The van der Waals surface area contributed by atoms with Crippen LogP contribution in [0.15, 0.2) is 77.1 Å². The minimum absolute atomic E-state index is 0.716. The molecule has 0 bridgehead atoms. The molecular weight excluding hydrogens is 344 g/mol. The Hall–Kier alpha value is -3.16. The average molecular weight is 368 g/mol. The molecule has 2 aromatic carbocycles. The van der Waals surface area contributed by atoms with Crippen molar-refractivity contribution in [2.75, 3.05) is 13.1 Å². The van der Waals surface area contributed by atoms with Crippen LogP contribution < -0.4 is 0 Å². The molecule has 0 aliphatic carbocycles. The lowest BCUT2D eigenvalue weighted by molar-refractivity contribution is 0.266. The third-order valence-corrected chi connectivity index (χ3v) is 5.39. The first-order chi connectivity index (χ1) is 13.6. The van der Waals surface area contributed by atoms with Crippen LogP contribution >= 0.6 is 0 Å². The average Bonchev–Trinajstić information content (AvgIpc) is 2.72. The first kappa shape index (κ1) is 18.2. The fourth-order valence-corrected chi connectivity index (χ4v) is 3.75. The standard InChI is InChI=1S/C24H24N4/c1-18-6-8-20(9-7-18)16-28-19(2)24-17-27(11-10-23(24)14-26-28)15-22-5-3-4-21(12-22)13-25/h3-9,12,14H,2,10-11,15-17H2,1H3. The molecule has 0 spiro atoms. The fraction of sp³-hybridized carbons (Fsp3) is 0.250. The van der Waals surface area contributed by atoms with Gasteiger partial charge in [-0.05, 0) is 47.8 Å². The van der Waals surface area contributed by atoms with Gasteiger partial charge in [0.2, 0.25) is 0 Å². The summed E-state index contributed by atoms with van der Waals surface area (Å²) in [4.78, 5) is 2.42. The summed E-state index contributed by atoms with van der Waals surface area (Å²) in [5.41, 5.74) is 7.96. The maximum Gasteiger partial charge on any atom is 0.0991 e. The maximum absolute atomic E-state index is 9.12. The second-order valence-corrected chi connectivity index (χ2v) is 7.51. The highest BCUT2D eigenvalue weighted by atomic mass is 15.5. The number of hydrogen-bond donors (Lipinski definition) is 0. The van der Waals surface area contributed by atoms with Crippen LogP contribution in [0.4, 0.5) is 0 Å². The number of hydrogen-bond acceptors (Lipinski definition) is 4. The Morgan fingerprint density at radius 1 is 1.11 bits per heavy atom. The predicted molar refractivity (Wildman–Crippen MR) is 112 cm³/mol. The molecule has 0 saturated heterocycles. The molecule has 140 valence electrons. The molecule has 28 heavy (non-hydrogen) atoms. The van der Waals surface area contributed by atoms with Gasteiger partial charge in [0, 0.05) is 19.6 Å². The van der Waals surface area contributed by atoms with Crippen LogP contribution in [0, 0.1) is 18.3 Å². The lowest BCUT2D eigenvalue weighted by atomic mass is 9.96. The molecule has 0 N–H and O–H groups in total. The summed E-state index contributed by atoms with van der Waals surface area (Å²) in [5, 5.41) is 15.8. The zero-order chi connectivity index (χ0) is 19.5. The van der Waals surface area contributed by atoms with Gasteiger partial charge in [0.15, 0.2) is 0 Å². The summed E-state index contributed by atoms with van der Waals surface area (Å²) >= 11 is 0. The highest BCUT2D eigenvalue weighted by Crippen LogP contribution is 2.30. The van der Waals surface area contributed by atoms with Gasteiger partial charge in [-0.2, -0.15) is 10.4 Å². The lowest BCUT2D eigenvalue weighted by Crippen LogP contribution is -2.36. The molecule has 0 fully saturated rings. The minimum Gasteiger partial charge on any atom is -0.294 e. The van der Waals surface area contributed by atoms with Crippen LogP contribution in [0.5, 0.6) is 0 Å². The molecular formula is C24H24N4. The number of hydrazone groups is 1. The van der Waals surface area contributed by atoms with Crippen molar-refractivity contribution >= 4 is 6.21 Å². The first-order valence-electron chi connectivity index (χ1n) is 9.62. The van der Waals surface area contributed by atoms with Gasteiger partial charge in [0.25, 0.3) is 0 Å². The Morgan fingerprint density at radius 2 is 1.93 bits per heavy atom. The Kier molecular flexibility index (Phi) is 5.10. The van der Waals surface area contributed by atoms with Gasteiger partial charge in [-0.1, -0.05) is 48.5 Å². The highest BCUT2D eigenvalue weighted by Gasteiger charge is 2.25. The van der Waals surface area contributed by atoms with E-state index in [1.165, 1.54) is 27.8 Å². The molecule has 2 aliphatic heterocycles. The fourth-order valence-electron chi connectivity index (χ4n) is 3.75. The van der Waals surface area contributed by atoms with Gasteiger partial charge in [-0.15, -0.1) is 0 Å². The van der Waals surface area contributed by atoms with Crippen molar-refractivity contribution in [3.05, 3.63) is 94.2 Å². The number of nitrogens with zero attached hydrogens (tertiary/aromatic N) is 4. The zero-order valence-electron chi connectivity index (χ0n) is 16.2. The largest absolute Gasteiger partial charge is 0.294 e. The summed E-state index contributed by atoms with van der Waals surface area (Å²) in [7, 11) is 0. The normalized spacial score (nSPS) is 16.9. The van der Waals surface area contributed by atoms with Crippen molar-refractivity contribution in [1.29, 1.82) is 5.26 Å². The smallest absolute Gasteiger partial charge is 0.0991 e. The Labute approximate surface area is 166 Å². The van der Waals surface area contributed by atoms with E-state index in [1.807, 2.05) is 29.4 Å². The minimum atomic E-state index is 0.716. The molecule has 0 unspecified atom stereocenters. The van der Waals surface area contributed by atoms with Crippen molar-refractivity contribution < 1.29 is 0 Å². The van der Waals surface area contributed by atoms with E-state index in [2.05, 4.69) is 59.9 Å². The van der Waals surface area contributed by atoms with Crippen molar-refractivity contribution in [3.8, 4) is 6.07 Å². The van der Waals surface area contributed by atoms with Gasteiger partial charge in [0.1, 0.15) is 0 Å². The van der Waals surface area contributed by atoms with Gasteiger partial charge < -0.3 is 0 Å². The summed E-state index contributed by atoms with van der Waals surface area (Å²) < 4.78 is 0. The maximum atomic E-state index is 9.12. The van der Waals surface area contributed by atoms with Crippen LogP contribution in [0.1, 0.15) is 28.7 Å². The van der Waals surface area contributed by atoms with Gasteiger partial charge >= 0.3 is 0 Å². The summed E-state index contributed by atoms with van der Waals surface area (Å²) in [6, 6.07) is 18.7. The van der Waals surface area contributed by atoms with E-state index in [9.17, 15) is 0 Å². The highest BCUT2D eigenvalue weighted by molar-refractivity contribution is 5.82. The summed E-state index contributed by atoms with van der Waals surface area (Å²) in [6.07, 6.45) is 2.99. The quantitative estimate of drug-likeness (QED) is 0.804. The molecule has 0 saturated carbocycles. The molecule has 0 aromatic heterocycles. The van der Waals surface area contributed by atoms with Gasteiger partial charge in [-0.25, -0.2) is 0 Å². The van der Waals surface area contributed by atoms with Crippen LogP contribution in [-0.2, 0) is 13.1 Å². The first-order valence-corrected chi connectivity index (χ1v) is 9.62. The van der Waals surface area contributed by atoms with Crippen LogP contribution in [-0.4, -0.2) is 29.2 Å². The van der Waals surface area contributed by atoms with Crippen molar-refractivity contribution in [3.63, 3.8) is 0 Å². The van der Waals surface area contributed by atoms with Gasteiger partial charge in [-0.3, -0.25) is 9.91 Å². The number of benzene rings is 2. The molecule has 4 nitrogen and oxygen atoms in total. The molecule has 2 heterocycles. The molecule has 4 rings (SSSR count). The zero-order valence-corrected chi connectivity index (χ0v) is 16.2. The SMILES string of the molecule is C=C1C2=C(C=NN1Cc1ccc(C)cc1)CCN(Cc1cccc(C#N)c1)C2. The third-order valence-electron chi connectivity index (χ3n) is 5.39. The predicted octanol–water partition coefficient (Wildman–Crippen LogP) is 4.38. The molecule has 0 radical (unpaired) electrons. The monoisotopic (exact) mass is 368 g/mol. The van der Waals surface area contributed by atoms with Crippen LogP contribution in [0.3, 0.4) is 0 Å². The van der Waals surface area contributed by atoms with Gasteiger partial charge in [0.05, 0.1) is 30.1 Å². The van der Waals surface area contributed by atoms with E-state index in [4.69, 9.17) is 5.26 Å². The number of rotatable bonds is 4. The van der Waals surface area contributed by atoms with E-state index in [0.29, 0.717) is 5.56 Å². The lowest BCUT2D eigenvalue weighted by Gasteiger charge is -2.35. The molecule has 2 aromatic rings. The molecule has 2 aliphatic rings. The second-order valence-electron chi connectivity index (χ2n) is 7.51. The second kappa shape index (κ2) is 7.84. The Morgan fingerprint density at radius 3 is 2.71 bits per heavy atom. The molecule has 4 heteroatoms. The van der Waals surface area contributed by atoms with Crippen LogP contribution in [0.25, 0.3) is 0 Å². The van der Waals surface area contributed by atoms with E-state index in [-0.39, 0.29) is 0 Å². The van der Waals surface area contributed by atoms with E-state index in [0.717, 1.165) is 38.3 Å². The van der Waals surface area contributed by atoms with E-state index >= 15 is 0 Å². The molecule has 0 atom stereocenters. The van der Waals surface area contributed by atoms with E-state index < -0.39 is 0 Å². The van der Waals surface area contributed by atoms with Crippen LogP contribution in [0.2, 0.25) is 0 Å². The number of aryl methyl sites for hydroxylation is 1. The van der Waals surface area contributed by atoms with E-state index in [1.54, 1.807) is 0 Å². The third kappa shape index (κ3) is 3.90.